The molecule has 0 amide bonds. The fourth-order valence-electron chi connectivity index (χ4n) is 11.3. The van der Waals surface area contributed by atoms with Crippen molar-refractivity contribution in [2.45, 2.75) is 5.41 Å². The lowest BCUT2D eigenvalue weighted by Gasteiger charge is -2.30. The molecule has 4 heterocycles. The smallest absolute Gasteiger partial charge is 0.238 e. The second-order valence-corrected chi connectivity index (χ2v) is 17.0. The van der Waals surface area contributed by atoms with Gasteiger partial charge in [0.25, 0.3) is 0 Å². The Balaban J connectivity index is 1.06. The maximum Gasteiger partial charge on any atom is 0.238 e. The second-order valence-electron chi connectivity index (χ2n) is 17.0. The molecule has 0 saturated heterocycles. The number of aromatic nitrogens is 4. The van der Waals surface area contributed by atoms with Crippen molar-refractivity contribution in [3.05, 3.63) is 216 Å². The van der Waals surface area contributed by atoms with Gasteiger partial charge in [0, 0.05) is 49.0 Å². The Morgan fingerprint density at radius 3 is 1.45 bits per heavy atom. The molecule has 0 N–H and O–H groups in total. The van der Waals surface area contributed by atoms with Crippen molar-refractivity contribution in [1.82, 2.24) is 19.5 Å². The van der Waals surface area contributed by atoms with Gasteiger partial charge in [0.05, 0.1) is 16.4 Å². The molecule has 0 aliphatic heterocycles. The zero-order valence-corrected chi connectivity index (χ0v) is 34.1. The number of hydrogen-bond acceptors (Lipinski definition) is 5. The molecule has 6 heteroatoms. The molecule has 6 nitrogen and oxygen atoms in total. The first-order chi connectivity index (χ1) is 31.7. The molecule has 296 valence electrons. The predicted octanol–water partition coefficient (Wildman–Crippen LogP) is 14.4. The van der Waals surface area contributed by atoms with Gasteiger partial charge in [-0.3, -0.25) is 4.57 Å². The molecule has 9 aromatic carbocycles. The lowest BCUT2D eigenvalue weighted by atomic mass is 9.70. The molecule has 64 heavy (non-hydrogen) atoms. The number of rotatable bonds is 3. The topological polar surface area (TPSA) is 69.9 Å². The fraction of sp³-hybridized carbons (Fsp3) is 0.0172. The van der Waals surface area contributed by atoms with E-state index < -0.39 is 5.41 Å². The van der Waals surface area contributed by atoms with Gasteiger partial charge in [-0.15, -0.1) is 0 Å². The van der Waals surface area contributed by atoms with Gasteiger partial charge in [-0.05, 0) is 93.5 Å². The van der Waals surface area contributed by atoms with E-state index in [1.165, 1.54) is 44.5 Å². The fourth-order valence-corrected chi connectivity index (χ4v) is 11.3. The van der Waals surface area contributed by atoms with Gasteiger partial charge < -0.3 is 8.83 Å². The van der Waals surface area contributed by atoms with Crippen molar-refractivity contribution < 1.29 is 8.83 Å². The first-order valence-corrected chi connectivity index (χ1v) is 21.7. The van der Waals surface area contributed by atoms with Crippen LogP contribution in [0.5, 0.6) is 0 Å². The molecule has 0 saturated carbocycles. The first-order valence-electron chi connectivity index (χ1n) is 21.7. The van der Waals surface area contributed by atoms with Crippen molar-refractivity contribution in [2.24, 2.45) is 0 Å². The summed E-state index contributed by atoms with van der Waals surface area (Å²) in [6, 6.07) is 69.0. The summed E-state index contributed by atoms with van der Waals surface area (Å²) in [5, 5.41) is 6.39. The van der Waals surface area contributed by atoms with Gasteiger partial charge in [0.15, 0.2) is 11.6 Å². The average molecular weight is 817 g/mol. The molecular formula is C58H32N4O2. The van der Waals surface area contributed by atoms with E-state index in [4.69, 9.17) is 23.8 Å². The number of hydrogen-bond donors (Lipinski definition) is 0. The normalized spacial score (nSPS) is 13.4. The molecule has 4 aromatic heterocycles. The van der Waals surface area contributed by atoms with E-state index in [9.17, 15) is 0 Å². The lowest BCUT2D eigenvalue weighted by molar-refractivity contribution is 0.668. The Morgan fingerprint density at radius 2 is 0.844 bits per heavy atom. The van der Waals surface area contributed by atoms with Crippen LogP contribution in [0.25, 0.3) is 117 Å². The molecule has 0 unspecified atom stereocenters. The summed E-state index contributed by atoms with van der Waals surface area (Å²) in [4.78, 5) is 16.3. The minimum atomic E-state index is -0.504. The van der Waals surface area contributed by atoms with Gasteiger partial charge in [-0.2, -0.15) is 9.97 Å². The van der Waals surface area contributed by atoms with Crippen LogP contribution >= 0.6 is 0 Å². The van der Waals surface area contributed by atoms with E-state index in [0.717, 1.165) is 76.8 Å². The first kappa shape index (κ1) is 34.0. The van der Waals surface area contributed by atoms with E-state index in [1.54, 1.807) is 0 Å². The Labute approximate surface area is 365 Å². The van der Waals surface area contributed by atoms with E-state index in [-0.39, 0.29) is 0 Å². The number of benzene rings is 9. The Kier molecular flexibility index (Phi) is 6.53. The average Bonchev–Trinajstić information content (AvgIpc) is 4.15. The lowest BCUT2D eigenvalue weighted by Crippen LogP contribution is -2.25. The highest BCUT2D eigenvalue weighted by atomic mass is 16.3. The SMILES string of the molecule is c1ccc2c(c1)-c1ccccc1C21c2ccccc2-c2c1ccc1c3ccccc3n(-c3nc(-c4ccc5oc6ccccc6c5c4)nc(-c4ccc5oc6ccccc6c5c4)n3)c21. The number of furan rings is 2. The molecular weight excluding hydrogens is 785 g/mol. The number of fused-ring (bicyclic) bond motifs is 20. The van der Waals surface area contributed by atoms with Crippen molar-refractivity contribution >= 4 is 65.7 Å². The summed E-state index contributed by atoms with van der Waals surface area (Å²) in [5.74, 6) is 1.68. The summed E-state index contributed by atoms with van der Waals surface area (Å²) in [7, 11) is 0. The zero-order valence-electron chi connectivity index (χ0n) is 34.1. The van der Waals surface area contributed by atoms with Crippen LogP contribution < -0.4 is 0 Å². The van der Waals surface area contributed by atoms with Crippen LogP contribution in [-0.2, 0) is 5.41 Å². The predicted molar refractivity (Wildman–Crippen MR) is 256 cm³/mol. The largest absolute Gasteiger partial charge is 0.456 e. The van der Waals surface area contributed by atoms with Crippen LogP contribution in [0.3, 0.4) is 0 Å². The van der Waals surface area contributed by atoms with E-state index >= 15 is 0 Å². The van der Waals surface area contributed by atoms with Crippen molar-refractivity contribution in [3.63, 3.8) is 0 Å². The van der Waals surface area contributed by atoms with Crippen molar-refractivity contribution in [2.75, 3.05) is 0 Å². The number of nitrogens with zero attached hydrogens (tertiary/aromatic N) is 4. The Morgan fingerprint density at radius 1 is 0.359 bits per heavy atom. The van der Waals surface area contributed by atoms with Crippen molar-refractivity contribution in [3.8, 4) is 51.0 Å². The van der Waals surface area contributed by atoms with Crippen LogP contribution in [0.1, 0.15) is 22.3 Å². The molecule has 2 aliphatic rings. The zero-order chi connectivity index (χ0) is 41.7. The van der Waals surface area contributed by atoms with E-state index in [1.807, 2.05) is 48.5 Å². The number of para-hydroxylation sites is 3. The monoisotopic (exact) mass is 816 g/mol. The highest BCUT2D eigenvalue weighted by molar-refractivity contribution is 6.16. The third-order valence-corrected chi connectivity index (χ3v) is 13.9. The van der Waals surface area contributed by atoms with Crippen LogP contribution in [0.4, 0.5) is 0 Å². The van der Waals surface area contributed by atoms with Crippen LogP contribution in [-0.4, -0.2) is 19.5 Å². The molecule has 0 bridgehead atoms. The second kappa shape index (κ2) is 12.3. The Bertz CT molecular complexity index is 3990. The van der Waals surface area contributed by atoms with Crippen LogP contribution in [0, 0.1) is 0 Å². The third kappa shape index (κ3) is 4.31. The molecule has 15 rings (SSSR count). The third-order valence-electron chi connectivity index (χ3n) is 13.9. The van der Waals surface area contributed by atoms with Gasteiger partial charge in [0.2, 0.25) is 5.95 Å². The van der Waals surface area contributed by atoms with E-state index in [0.29, 0.717) is 17.6 Å². The molecule has 1 spiro atoms. The summed E-state index contributed by atoms with van der Waals surface area (Å²) < 4.78 is 14.8. The van der Waals surface area contributed by atoms with Crippen molar-refractivity contribution in [1.29, 1.82) is 0 Å². The summed E-state index contributed by atoms with van der Waals surface area (Å²) in [6.07, 6.45) is 0. The van der Waals surface area contributed by atoms with Crippen LogP contribution in [0.2, 0.25) is 0 Å². The molecule has 2 aliphatic carbocycles. The highest BCUT2D eigenvalue weighted by Crippen LogP contribution is 2.64. The van der Waals surface area contributed by atoms with Gasteiger partial charge in [-0.25, -0.2) is 4.98 Å². The van der Waals surface area contributed by atoms with E-state index in [2.05, 4.69) is 150 Å². The summed E-state index contributed by atoms with van der Waals surface area (Å²) in [6.45, 7) is 0. The summed E-state index contributed by atoms with van der Waals surface area (Å²) >= 11 is 0. The van der Waals surface area contributed by atoms with Crippen LogP contribution in [0.15, 0.2) is 203 Å². The molecule has 0 radical (unpaired) electrons. The maximum absolute atomic E-state index is 6.27. The molecule has 0 fully saturated rings. The van der Waals surface area contributed by atoms with Gasteiger partial charge in [-0.1, -0.05) is 140 Å². The standard InChI is InChI=1S/C58H32N4O2/c1-7-19-44-35(13-1)36-14-2-8-20-45(36)58(44)46-21-9-3-18-41(46)53-47(58)28-27-40-37-15-4-10-22-48(37)62(54(40)53)57-60-55(33-25-29-51-42(31-33)38-16-5-11-23-49(38)63-51)59-56(61-57)34-26-30-52-43(32-34)39-17-6-12-24-50(39)64-52/h1-32H. The van der Waals surface area contributed by atoms with Gasteiger partial charge >= 0.3 is 0 Å². The molecule has 13 aromatic rings. The maximum atomic E-state index is 6.27. The van der Waals surface area contributed by atoms with Gasteiger partial charge in [0.1, 0.15) is 22.3 Å². The highest BCUT2D eigenvalue weighted by Gasteiger charge is 2.52. The quantitative estimate of drug-likeness (QED) is 0.178. The molecule has 0 atom stereocenters. The minimum Gasteiger partial charge on any atom is -0.456 e. The Hall–Kier alpha value is -8.61. The minimum absolute atomic E-state index is 0.504. The summed E-state index contributed by atoms with van der Waals surface area (Å²) in [5.41, 5.74) is 16.7.